The monoisotopic (exact) mass is 392 g/mol. The van der Waals surface area contributed by atoms with Crippen molar-refractivity contribution in [2.75, 3.05) is 6.61 Å². The number of oxazole rings is 1. The summed E-state index contributed by atoms with van der Waals surface area (Å²) in [7, 11) is 0. The number of hydrogen-bond acceptors (Lipinski definition) is 5. The molecular weight excluding hydrogens is 368 g/mol. The zero-order valence-corrected chi connectivity index (χ0v) is 16.8. The molecule has 0 aliphatic heterocycles. The molecule has 0 saturated heterocycles. The number of carbonyl (C=O) groups excluding carboxylic acids is 2. The molecule has 2 aromatic carbocycles. The van der Waals surface area contributed by atoms with Crippen LogP contribution < -0.4 is 5.32 Å². The van der Waals surface area contributed by atoms with Crippen molar-refractivity contribution in [1.29, 1.82) is 0 Å². The second-order valence-electron chi connectivity index (χ2n) is 6.89. The molecular formula is C23H24N2O4. The number of rotatable bonds is 7. The lowest BCUT2D eigenvalue weighted by atomic mass is 10.1. The van der Waals surface area contributed by atoms with Crippen molar-refractivity contribution in [2.45, 2.75) is 33.2 Å². The largest absolute Gasteiger partial charge is 0.452 e. The van der Waals surface area contributed by atoms with Crippen LogP contribution in [0.25, 0.3) is 22.8 Å². The molecule has 1 amide bonds. The van der Waals surface area contributed by atoms with Gasteiger partial charge in [0.15, 0.2) is 12.4 Å². The van der Waals surface area contributed by atoms with Crippen molar-refractivity contribution < 1.29 is 18.7 Å². The molecule has 150 valence electrons. The predicted octanol–water partition coefficient (Wildman–Crippen LogP) is 4.39. The van der Waals surface area contributed by atoms with Gasteiger partial charge in [-0.25, -0.2) is 9.78 Å². The molecule has 0 saturated carbocycles. The maximum absolute atomic E-state index is 12.5. The fourth-order valence-corrected chi connectivity index (χ4v) is 2.72. The van der Waals surface area contributed by atoms with Gasteiger partial charge in [0.25, 0.3) is 5.91 Å². The number of aromatic nitrogens is 1. The first kappa shape index (κ1) is 20.3. The lowest BCUT2D eigenvalue weighted by Crippen LogP contribution is -2.35. The third-order valence-corrected chi connectivity index (χ3v) is 4.57. The minimum Gasteiger partial charge on any atom is -0.452 e. The van der Waals surface area contributed by atoms with Gasteiger partial charge in [0.2, 0.25) is 5.89 Å². The van der Waals surface area contributed by atoms with Crippen LogP contribution in [-0.4, -0.2) is 29.5 Å². The summed E-state index contributed by atoms with van der Waals surface area (Å²) >= 11 is 0. The molecule has 0 unspecified atom stereocenters. The van der Waals surface area contributed by atoms with E-state index in [1.165, 1.54) is 0 Å². The Morgan fingerprint density at radius 1 is 1.14 bits per heavy atom. The van der Waals surface area contributed by atoms with Gasteiger partial charge in [-0.2, -0.15) is 0 Å². The van der Waals surface area contributed by atoms with Gasteiger partial charge < -0.3 is 14.5 Å². The smallest absolute Gasteiger partial charge is 0.339 e. The van der Waals surface area contributed by atoms with E-state index in [9.17, 15) is 9.59 Å². The summed E-state index contributed by atoms with van der Waals surface area (Å²) < 4.78 is 11.1. The van der Waals surface area contributed by atoms with E-state index in [4.69, 9.17) is 9.15 Å². The maximum atomic E-state index is 12.5. The number of carbonyl (C=O) groups is 2. The lowest BCUT2D eigenvalue weighted by molar-refractivity contribution is -0.124. The molecule has 0 aliphatic carbocycles. The minimum absolute atomic E-state index is 0.0287. The quantitative estimate of drug-likeness (QED) is 0.603. The number of hydrogen-bond donors (Lipinski definition) is 1. The van der Waals surface area contributed by atoms with Crippen LogP contribution in [-0.2, 0) is 9.53 Å². The highest BCUT2D eigenvalue weighted by Crippen LogP contribution is 2.28. The first-order valence-electron chi connectivity index (χ1n) is 9.56. The molecule has 29 heavy (non-hydrogen) atoms. The number of ether oxygens (including phenoxy) is 1. The average Bonchev–Trinajstić information content (AvgIpc) is 3.22. The highest BCUT2D eigenvalue weighted by atomic mass is 16.5. The first-order chi connectivity index (χ1) is 14.0. The van der Waals surface area contributed by atoms with Crippen molar-refractivity contribution in [3.05, 3.63) is 65.9 Å². The van der Waals surface area contributed by atoms with Gasteiger partial charge in [-0.15, -0.1) is 0 Å². The topological polar surface area (TPSA) is 81.4 Å². The van der Waals surface area contributed by atoms with Crippen LogP contribution in [0.2, 0.25) is 0 Å². The number of esters is 1. The van der Waals surface area contributed by atoms with E-state index in [1.807, 2.05) is 45.0 Å². The standard InChI is InChI=1S/C23H24N2O4/c1-4-16(3)25-21(26)14-28-23(27)19-8-6-5-7-18(19)22-24-13-20(29-22)17-11-9-15(2)10-12-17/h5-13,16H,4,14H2,1-3H3,(H,25,26)/t16-/m1/s1. The number of aryl methyl sites for hydroxylation is 1. The second-order valence-corrected chi connectivity index (χ2v) is 6.89. The van der Waals surface area contributed by atoms with Gasteiger partial charge in [-0.05, 0) is 32.4 Å². The average molecular weight is 392 g/mol. The highest BCUT2D eigenvalue weighted by molar-refractivity contribution is 5.97. The van der Waals surface area contributed by atoms with Crippen LogP contribution in [0.5, 0.6) is 0 Å². The van der Waals surface area contributed by atoms with Crippen molar-refractivity contribution in [3.63, 3.8) is 0 Å². The highest BCUT2D eigenvalue weighted by Gasteiger charge is 2.19. The van der Waals surface area contributed by atoms with Crippen molar-refractivity contribution in [1.82, 2.24) is 10.3 Å². The minimum atomic E-state index is -0.602. The number of amides is 1. The Labute approximate surface area is 169 Å². The van der Waals surface area contributed by atoms with E-state index in [0.717, 1.165) is 17.5 Å². The first-order valence-corrected chi connectivity index (χ1v) is 9.56. The van der Waals surface area contributed by atoms with Gasteiger partial charge in [-0.3, -0.25) is 4.79 Å². The lowest BCUT2D eigenvalue weighted by Gasteiger charge is -2.12. The van der Waals surface area contributed by atoms with Crippen LogP contribution in [0.4, 0.5) is 0 Å². The molecule has 0 bridgehead atoms. The Bertz CT molecular complexity index is 992. The molecule has 3 rings (SSSR count). The molecule has 0 aliphatic rings. The Balaban J connectivity index is 1.76. The van der Waals surface area contributed by atoms with Gasteiger partial charge >= 0.3 is 5.97 Å². The van der Waals surface area contributed by atoms with Crippen molar-refractivity contribution in [2.24, 2.45) is 0 Å². The summed E-state index contributed by atoms with van der Waals surface area (Å²) in [4.78, 5) is 28.7. The Kier molecular flexibility index (Phi) is 6.44. The van der Waals surface area contributed by atoms with Gasteiger partial charge in [0.1, 0.15) is 0 Å². The zero-order chi connectivity index (χ0) is 20.8. The Morgan fingerprint density at radius 3 is 2.59 bits per heavy atom. The summed E-state index contributed by atoms with van der Waals surface area (Å²) in [5.41, 5.74) is 2.86. The number of nitrogens with one attached hydrogen (secondary N) is 1. The molecule has 6 heteroatoms. The fourth-order valence-electron chi connectivity index (χ4n) is 2.72. The SMILES string of the molecule is CC[C@@H](C)NC(=O)COC(=O)c1ccccc1-c1ncc(-c2ccc(C)cc2)o1. The van der Waals surface area contributed by atoms with Gasteiger partial charge in [0, 0.05) is 11.6 Å². The number of benzene rings is 2. The van der Waals surface area contributed by atoms with E-state index in [2.05, 4.69) is 10.3 Å². The number of nitrogens with zero attached hydrogens (tertiary/aromatic N) is 1. The van der Waals surface area contributed by atoms with E-state index in [-0.39, 0.29) is 18.6 Å². The van der Waals surface area contributed by atoms with Crippen LogP contribution in [0, 0.1) is 6.92 Å². The summed E-state index contributed by atoms with van der Waals surface area (Å²) in [6.45, 7) is 5.54. The Hall–Kier alpha value is -3.41. The fraction of sp³-hybridized carbons (Fsp3) is 0.261. The van der Waals surface area contributed by atoms with Crippen LogP contribution in [0.15, 0.2) is 59.1 Å². The van der Waals surface area contributed by atoms with Crippen LogP contribution >= 0.6 is 0 Å². The normalized spacial score (nSPS) is 11.7. The molecule has 1 aromatic heterocycles. The molecule has 1 atom stereocenters. The summed E-state index contributed by atoms with van der Waals surface area (Å²) in [6.07, 6.45) is 2.43. The summed E-state index contributed by atoms with van der Waals surface area (Å²) in [6, 6.07) is 14.8. The molecule has 0 fully saturated rings. The van der Waals surface area contributed by atoms with Crippen molar-refractivity contribution in [3.8, 4) is 22.8 Å². The van der Waals surface area contributed by atoms with E-state index in [1.54, 1.807) is 30.5 Å². The Morgan fingerprint density at radius 2 is 1.86 bits per heavy atom. The second kappa shape index (κ2) is 9.19. The van der Waals surface area contributed by atoms with E-state index < -0.39 is 5.97 Å². The molecule has 6 nitrogen and oxygen atoms in total. The summed E-state index contributed by atoms with van der Waals surface area (Å²) in [5.74, 6) is -0.00812. The maximum Gasteiger partial charge on any atom is 0.339 e. The third-order valence-electron chi connectivity index (χ3n) is 4.57. The predicted molar refractivity (Wildman–Crippen MR) is 110 cm³/mol. The van der Waals surface area contributed by atoms with Crippen molar-refractivity contribution >= 4 is 11.9 Å². The van der Waals surface area contributed by atoms with E-state index >= 15 is 0 Å². The van der Waals surface area contributed by atoms with Crippen LogP contribution in [0.3, 0.4) is 0 Å². The molecule has 0 spiro atoms. The van der Waals surface area contributed by atoms with E-state index in [0.29, 0.717) is 22.8 Å². The zero-order valence-electron chi connectivity index (χ0n) is 16.8. The molecule has 0 radical (unpaired) electrons. The third kappa shape index (κ3) is 5.10. The van der Waals surface area contributed by atoms with Gasteiger partial charge in [-0.1, -0.05) is 48.9 Å². The summed E-state index contributed by atoms with van der Waals surface area (Å²) in [5, 5.41) is 2.76. The molecule has 1 heterocycles. The molecule has 3 aromatic rings. The molecule has 1 N–H and O–H groups in total. The van der Waals surface area contributed by atoms with Crippen LogP contribution in [0.1, 0.15) is 36.2 Å². The van der Waals surface area contributed by atoms with Gasteiger partial charge in [0.05, 0.1) is 17.3 Å².